The quantitative estimate of drug-likeness (QED) is 0.603. The SMILES string of the molecule is COC[C@H]1OCCC[C@@H]1O. The third kappa shape index (κ3) is 1.94. The van der Waals surface area contributed by atoms with Gasteiger partial charge in [-0.25, -0.2) is 0 Å². The van der Waals surface area contributed by atoms with Gasteiger partial charge in [-0.1, -0.05) is 0 Å². The smallest absolute Gasteiger partial charge is 0.107 e. The fraction of sp³-hybridized carbons (Fsp3) is 1.00. The second kappa shape index (κ2) is 3.91. The molecule has 0 amide bonds. The van der Waals surface area contributed by atoms with E-state index in [0.29, 0.717) is 6.61 Å². The van der Waals surface area contributed by atoms with Crippen LogP contribution in [-0.2, 0) is 9.47 Å². The molecule has 0 aliphatic carbocycles. The number of methoxy groups -OCH3 is 1. The van der Waals surface area contributed by atoms with E-state index in [-0.39, 0.29) is 12.2 Å². The van der Waals surface area contributed by atoms with E-state index < -0.39 is 0 Å². The first-order valence-corrected chi connectivity index (χ1v) is 3.63. The first-order valence-electron chi connectivity index (χ1n) is 3.63. The van der Waals surface area contributed by atoms with E-state index in [0.717, 1.165) is 19.4 Å². The van der Waals surface area contributed by atoms with Crippen LogP contribution in [0.15, 0.2) is 0 Å². The van der Waals surface area contributed by atoms with E-state index >= 15 is 0 Å². The van der Waals surface area contributed by atoms with Gasteiger partial charge in [-0.15, -0.1) is 0 Å². The third-order valence-corrected chi connectivity index (χ3v) is 1.74. The normalized spacial score (nSPS) is 34.2. The summed E-state index contributed by atoms with van der Waals surface area (Å²) < 4.78 is 10.1. The maximum absolute atomic E-state index is 9.30. The van der Waals surface area contributed by atoms with Crippen LogP contribution in [0.3, 0.4) is 0 Å². The van der Waals surface area contributed by atoms with Crippen molar-refractivity contribution in [2.24, 2.45) is 0 Å². The average molecular weight is 146 g/mol. The van der Waals surface area contributed by atoms with Crippen molar-refractivity contribution in [2.45, 2.75) is 25.0 Å². The number of ether oxygens (including phenoxy) is 2. The van der Waals surface area contributed by atoms with E-state index in [1.54, 1.807) is 7.11 Å². The second-order valence-corrected chi connectivity index (χ2v) is 2.57. The summed E-state index contributed by atoms with van der Waals surface area (Å²) >= 11 is 0. The molecule has 0 saturated carbocycles. The van der Waals surface area contributed by atoms with Crippen LogP contribution in [0.5, 0.6) is 0 Å². The van der Waals surface area contributed by atoms with Crippen LogP contribution in [-0.4, -0.2) is 37.6 Å². The van der Waals surface area contributed by atoms with Crippen molar-refractivity contribution < 1.29 is 14.6 Å². The van der Waals surface area contributed by atoms with Crippen molar-refractivity contribution in [3.8, 4) is 0 Å². The fourth-order valence-corrected chi connectivity index (χ4v) is 1.15. The molecule has 2 atom stereocenters. The Kier molecular flexibility index (Phi) is 3.12. The summed E-state index contributed by atoms with van der Waals surface area (Å²) in [5, 5.41) is 9.30. The van der Waals surface area contributed by atoms with Gasteiger partial charge >= 0.3 is 0 Å². The Morgan fingerprint density at radius 2 is 2.50 bits per heavy atom. The number of aliphatic hydroxyl groups is 1. The molecule has 60 valence electrons. The van der Waals surface area contributed by atoms with Crippen LogP contribution in [0.4, 0.5) is 0 Å². The highest BCUT2D eigenvalue weighted by Crippen LogP contribution is 2.13. The van der Waals surface area contributed by atoms with Crippen molar-refractivity contribution in [1.29, 1.82) is 0 Å². The number of hydrogen-bond donors (Lipinski definition) is 1. The molecule has 0 aromatic heterocycles. The summed E-state index contributed by atoms with van der Waals surface area (Å²) in [5.74, 6) is 0. The molecule has 0 unspecified atom stereocenters. The van der Waals surface area contributed by atoms with Crippen molar-refractivity contribution in [3.05, 3.63) is 0 Å². The van der Waals surface area contributed by atoms with Crippen LogP contribution in [0.25, 0.3) is 0 Å². The molecule has 0 radical (unpaired) electrons. The van der Waals surface area contributed by atoms with Crippen LogP contribution < -0.4 is 0 Å². The first kappa shape index (κ1) is 7.98. The Labute approximate surface area is 60.9 Å². The highest BCUT2D eigenvalue weighted by Gasteiger charge is 2.22. The lowest BCUT2D eigenvalue weighted by atomic mass is 10.1. The molecule has 1 saturated heterocycles. The molecular weight excluding hydrogens is 132 g/mol. The minimum atomic E-state index is -0.325. The molecule has 1 heterocycles. The Balaban J connectivity index is 2.25. The van der Waals surface area contributed by atoms with E-state index in [9.17, 15) is 5.11 Å². The van der Waals surface area contributed by atoms with Gasteiger partial charge < -0.3 is 14.6 Å². The molecule has 1 N–H and O–H groups in total. The molecule has 3 nitrogen and oxygen atoms in total. The van der Waals surface area contributed by atoms with Crippen molar-refractivity contribution in [3.63, 3.8) is 0 Å². The molecule has 1 rings (SSSR count). The molecule has 0 spiro atoms. The monoisotopic (exact) mass is 146 g/mol. The summed E-state index contributed by atoms with van der Waals surface area (Å²) in [4.78, 5) is 0. The Morgan fingerprint density at radius 1 is 1.70 bits per heavy atom. The molecule has 3 heteroatoms. The largest absolute Gasteiger partial charge is 0.390 e. The summed E-state index contributed by atoms with van der Waals surface area (Å²) in [6, 6.07) is 0. The standard InChI is InChI=1S/C7H14O3/c1-9-5-7-6(8)3-2-4-10-7/h6-8H,2-5H2,1H3/t6-,7+/m0/s1. The zero-order valence-electron chi connectivity index (χ0n) is 6.25. The predicted molar refractivity (Wildman–Crippen MR) is 36.9 cm³/mol. The van der Waals surface area contributed by atoms with Crippen LogP contribution in [0.2, 0.25) is 0 Å². The average Bonchev–Trinajstić information content (AvgIpc) is 1.94. The van der Waals surface area contributed by atoms with Gasteiger partial charge in [-0.3, -0.25) is 0 Å². The van der Waals surface area contributed by atoms with Gasteiger partial charge in [0.05, 0.1) is 12.7 Å². The van der Waals surface area contributed by atoms with Crippen LogP contribution >= 0.6 is 0 Å². The van der Waals surface area contributed by atoms with Gasteiger partial charge in [0.2, 0.25) is 0 Å². The molecule has 10 heavy (non-hydrogen) atoms. The lowest BCUT2D eigenvalue weighted by molar-refractivity contribution is -0.101. The van der Waals surface area contributed by atoms with E-state index in [4.69, 9.17) is 9.47 Å². The minimum Gasteiger partial charge on any atom is -0.390 e. The van der Waals surface area contributed by atoms with Crippen LogP contribution in [0, 0.1) is 0 Å². The highest BCUT2D eigenvalue weighted by atomic mass is 16.5. The summed E-state index contributed by atoms with van der Waals surface area (Å²) in [7, 11) is 1.62. The van der Waals surface area contributed by atoms with Crippen molar-refractivity contribution in [1.82, 2.24) is 0 Å². The number of aliphatic hydroxyl groups excluding tert-OH is 1. The number of hydrogen-bond acceptors (Lipinski definition) is 3. The fourth-order valence-electron chi connectivity index (χ4n) is 1.15. The van der Waals surface area contributed by atoms with Gasteiger partial charge in [-0.05, 0) is 12.8 Å². The molecule has 1 fully saturated rings. The predicted octanol–water partition coefficient (Wildman–Crippen LogP) is 0.173. The molecule has 1 aliphatic heterocycles. The minimum absolute atomic E-state index is 0.0984. The lowest BCUT2D eigenvalue weighted by Gasteiger charge is -2.27. The Hall–Kier alpha value is -0.120. The van der Waals surface area contributed by atoms with E-state index in [1.807, 2.05) is 0 Å². The maximum Gasteiger partial charge on any atom is 0.107 e. The van der Waals surface area contributed by atoms with Crippen molar-refractivity contribution >= 4 is 0 Å². The van der Waals surface area contributed by atoms with E-state index in [2.05, 4.69) is 0 Å². The topological polar surface area (TPSA) is 38.7 Å². The Morgan fingerprint density at radius 3 is 3.10 bits per heavy atom. The Bertz CT molecular complexity index is 92.9. The molecule has 0 aromatic carbocycles. The molecular formula is C7H14O3. The summed E-state index contributed by atoms with van der Waals surface area (Å²) in [6.45, 7) is 1.26. The number of rotatable bonds is 2. The van der Waals surface area contributed by atoms with Gasteiger partial charge in [0.25, 0.3) is 0 Å². The van der Waals surface area contributed by atoms with Gasteiger partial charge in [-0.2, -0.15) is 0 Å². The van der Waals surface area contributed by atoms with Crippen LogP contribution in [0.1, 0.15) is 12.8 Å². The maximum atomic E-state index is 9.30. The van der Waals surface area contributed by atoms with Gasteiger partial charge in [0, 0.05) is 13.7 Å². The third-order valence-electron chi connectivity index (χ3n) is 1.74. The molecule has 1 aliphatic rings. The van der Waals surface area contributed by atoms with Crippen molar-refractivity contribution in [2.75, 3.05) is 20.3 Å². The van der Waals surface area contributed by atoms with Gasteiger partial charge in [0.1, 0.15) is 6.10 Å². The van der Waals surface area contributed by atoms with E-state index in [1.165, 1.54) is 0 Å². The zero-order valence-corrected chi connectivity index (χ0v) is 6.25. The zero-order chi connectivity index (χ0) is 7.40. The second-order valence-electron chi connectivity index (χ2n) is 2.57. The lowest BCUT2D eigenvalue weighted by Crippen LogP contribution is -2.37. The molecule has 0 aromatic rings. The summed E-state index contributed by atoms with van der Waals surface area (Å²) in [6.07, 6.45) is 1.38. The summed E-state index contributed by atoms with van der Waals surface area (Å²) in [5.41, 5.74) is 0. The first-order chi connectivity index (χ1) is 4.84. The molecule has 0 bridgehead atoms. The van der Waals surface area contributed by atoms with Gasteiger partial charge in [0.15, 0.2) is 0 Å². The highest BCUT2D eigenvalue weighted by molar-refractivity contribution is 4.72.